The van der Waals surface area contributed by atoms with E-state index in [2.05, 4.69) is 22.4 Å². The number of aryl methyl sites for hydroxylation is 1. The third-order valence-electron chi connectivity index (χ3n) is 6.00. The van der Waals surface area contributed by atoms with Gasteiger partial charge in [-0.05, 0) is 73.0 Å². The molecule has 4 aromatic rings. The Hall–Kier alpha value is -3.97. The molecule has 8 heteroatoms. The summed E-state index contributed by atoms with van der Waals surface area (Å²) in [5.74, 6) is 0.224. The van der Waals surface area contributed by atoms with Gasteiger partial charge in [0.1, 0.15) is 5.82 Å². The lowest BCUT2D eigenvalue weighted by atomic mass is 9.94. The van der Waals surface area contributed by atoms with E-state index in [0.717, 1.165) is 23.2 Å². The average Bonchev–Trinajstić information content (AvgIpc) is 3.34. The summed E-state index contributed by atoms with van der Waals surface area (Å²) in [5, 5.41) is 7.74. The van der Waals surface area contributed by atoms with Crippen molar-refractivity contribution in [2.75, 3.05) is 4.90 Å². The first-order valence-electron chi connectivity index (χ1n) is 11.2. The second-order valence-electron chi connectivity index (χ2n) is 8.23. The van der Waals surface area contributed by atoms with Crippen LogP contribution in [0.25, 0.3) is 17.0 Å². The van der Waals surface area contributed by atoms with Crippen LogP contribution in [0.1, 0.15) is 36.9 Å². The third kappa shape index (κ3) is 4.42. The van der Waals surface area contributed by atoms with Crippen molar-refractivity contribution in [1.82, 2.24) is 15.5 Å². The zero-order chi connectivity index (χ0) is 24.5. The van der Waals surface area contributed by atoms with Crippen LogP contribution in [0.2, 0.25) is 5.02 Å². The van der Waals surface area contributed by atoms with E-state index in [9.17, 15) is 9.18 Å². The topological polar surface area (TPSA) is 71.3 Å². The van der Waals surface area contributed by atoms with Gasteiger partial charge in [0.15, 0.2) is 0 Å². The molecule has 176 valence electrons. The van der Waals surface area contributed by atoms with Crippen LogP contribution >= 0.6 is 11.6 Å². The molecular formula is C27H22ClFN4O2. The highest BCUT2D eigenvalue weighted by Gasteiger charge is 2.36. The van der Waals surface area contributed by atoms with E-state index in [-0.39, 0.29) is 17.7 Å². The van der Waals surface area contributed by atoms with Crippen molar-refractivity contribution < 1.29 is 13.7 Å². The Morgan fingerprint density at radius 1 is 1.09 bits per heavy atom. The molecule has 1 aliphatic heterocycles. The Kier molecular flexibility index (Phi) is 6.09. The third-order valence-corrected chi connectivity index (χ3v) is 6.24. The zero-order valence-corrected chi connectivity index (χ0v) is 19.9. The van der Waals surface area contributed by atoms with Gasteiger partial charge in [-0.15, -0.1) is 0 Å². The highest BCUT2D eigenvalue weighted by Crippen LogP contribution is 2.39. The van der Waals surface area contributed by atoms with E-state index in [0.29, 0.717) is 27.7 Å². The van der Waals surface area contributed by atoms with Gasteiger partial charge in [-0.25, -0.2) is 9.18 Å². The molecule has 1 atom stereocenters. The van der Waals surface area contributed by atoms with Crippen molar-refractivity contribution >= 4 is 28.9 Å². The standard InChI is InChI=1S/C27H22ClFN4O2/c1-3-17-6-4-9-22(14-17)33-16(2)23(24(30-27(33)34)19-7-5-8-20(28)15-19)26-31-25(32-35-26)18-10-12-21(29)13-11-18/h4-15,24H,3H2,1-2H3,(H,30,34). The molecule has 0 bridgehead atoms. The van der Waals surface area contributed by atoms with E-state index in [1.165, 1.54) is 12.1 Å². The predicted octanol–water partition coefficient (Wildman–Crippen LogP) is 6.79. The fourth-order valence-corrected chi connectivity index (χ4v) is 4.43. The number of halogens is 2. The van der Waals surface area contributed by atoms with Gasteiger partial charge in [0.05, 0.1) is 17.3 Å². The number of hydrogen-bond acceptors (Lipinski definition) is 4. The highest BCUT2D eigenvalue weighted by atomic mass is 35.5. The summed E-state index contributed by atoms with van der Waals surface area (Å²) in [4.78, 5) is 19.6. The molecule has 0 fully saturated rings. The summed E-state index contributed by atoms with van der Waals surface area (Å²) in [6, 6.07) is 20.1. The first kappa shape index (κ1) is 22.8. The molecule has 0 saturated heterocycles. The number of urea groups is 1. The van der Waals surface area contributed by atoms with E-state index in [4.69, 9.17) is 16.1 Å². The first-order valence-corrected chi connectivity index (χ1v) is 11.6. The largest absolute Gasteiger partial charge is 0.334 e. The zero-order valence-electron chi connectivity index (χ0n) is 19.1. The van der Waals surface area contributed by atoms with Gasteiger partial charge in [0, 0.05) is 16.3 Å². The lowest BCUT2D eigenvalue weighted by Crippen LogP contribution is -2.46. The Morgan fingerprint density at radius 2 is 1.86 bits per heavy atom. The van der Waals surface area contributed by atoms with E-state index in [1.807, 2.05) is 43.3 Å². The van der Waals surface area contributed by atoms with Gasteiger partial charge in [-0.2, -0.15) is 4.98 Å². The normalized spacial score (nSPS) is 15.9. The summed E-state index contributed by atoms with van der Waals surface area (Å²) < 4.78 is 19.1. The number of aromatic nitrogens is 2. The maximum Gasteiger partial charge on any atom is 0.326 e. The molecule has 1 aromatic heterocycles. The van der Waals surface area contributed by atoms with Crippen molar-refractivity contribution in [1.29, 1.82) is 0 Å². The van der Waals surface area contributed by atoms with Crippen molar-refractivity contribution in [2.24, 2.45) is 0 Å². The number of carbonyl (C=O) groups excluding carboxylic acids is 1. The molecule has 6 nitrogen and oxygen atoms in total. The fourth-order valence-electron chi connectivity index (χ4n) is 4.23. The van der Waals surface area contributed by atoms with Crippen LogP contribution < -0.4 is 10.2 Å². The number of carbonyl (C=O) groups is 1. The predicted molar refractivity (Wildman–Crippen MR) is 133 cm³/mol. The van der Waals surface area contributed by atoms with Crippen LogP contribution in [0.5, 0.6) is 0 Å². The maximum atomic E-state index is 13.4. The highest BCUT2D eigenvalue weighted by molar-refractivity contribution is 6.30. The van der Waals surface area contributed by atoms with E-state index < -0.39 is 6.04 Å². The van der Waals surface area contributed by atoms with Gasteiger partial charge in [-0.1, -0.05) is 47.9 Å². The summed E-state index contributed by atoms with van der Waals surface area (Å²) >= 11 is 6.26. The molecular weight excluding hydrogens is 467 g/mol. The molecule has 2 amide bonds. The number of allylic oxidation sites excluding steroid dienone is 1. The van der Waals surface area contributed by atoms with Crippen molar-refractivity contribution in [3.8, 4) is 11.4 Å². The van der Waals surface area contributed by atoms with Gasteiger partial charge >= 0.3 is 6.03 Å². The Bertz CT molecular complexity index is 1430. The Morgan fingerprint density at radius 3 is 2.60 bits per heavy atom. The molecule has 35 heavy (non-hydrogen) atoms. The first-order chi connectivity index (χ1) is 16.9. The summed E-state index contributed by atoms with van der Waals surface area (Å²) in [6.45, 7) is 3.92. The van der Waals surface area contributed by atoms with E-state index >= 15 is 0 Å². The summed E-state index contributed by atoms with van der Waals surface area (Å²) in [6.07, 6.45) is 0.842. The molecule has 5 rings (SSSR count). The molecule has 3 aromatic carbocycles. The monoisotopic (exact) mass is 488 g/mol. The second kappa shape index (κ2) is 9.35. The molecule has 0 spiro atoms. The number of amides is 2. The molecule has 1 N–H and O–H groups in total. The molecule has 0 radical (unpaired) electrons. The number of hydrogen-bond donors (Lipinski definition) is 1. The second-order valence-corrected chi connectivity index (χ2v) is 8.66. The number of nitrogens with zero attached hydrogens (tertiary/aromatic N) is 3. The average molecular weight is 489 g/mol. The minimum absolute atomic E-state index is 0.253. The minimum Gasteiger partial charge on any atom is -0.334 e. The van der Waals surface area contributed by atoms with Crippen LogP contribution in [-0.2, 0) is 6.42 Å². The number of benzene rings is 3. The van der Waals surface area contributed by atoms with E-state index in [1.54, 1.807) is 29.2 Å². The molecule has 2 heterocycles. The van der Waals surface area contributed by atoms with Gasteiger partial charge in [0.25, 0.3) is 5.89 Å². The fraction of sp³-hybridized carbons (Fsp3) is 0.148. The Labute approximate surface area is 207 Å². The van der Waals surface area contributed by atoms with Gasteiger partial charge in [0.2, 0.25) is 5.82 Å². The Balaban J connectivity index is 1.66. The number of nitrogens with one attached hydrogen (secondary N) is 1. The van der Waals surface area contributed by atoms with Crippen LogP contribution in [0.15, 0.2) is 83.0 Å². The quantitative estimate of drug-likeness (QED) is 0.335. The SMILES string of the molecule is CCc1cccc(N2C(=O)NC(c3cccc(Cl)c3)C(c3nc(-c4ccc(F)cc4)no3)=C2C)c1. The van der Waals surface area contributed by atoms with Crippen LogP contribution in [0.3, 0.4) is 0 Å². The van der Waals surface area contributed by atoms with Crippen molar-refractivity contribution in [3.05, 3.63) is 106 Å². The van der Waals surface area contributed by atoms with Crippen LogP contribution in [-0.4, -0.2) is 16.2 Å². The number of anilines is 1. The van der Waals surface area contributed by atoms with Crippen molar-refractivity contribution in [3.63, 3.8) is 0 Å². The maximum absolute atomic E-state index is 13.4. The van der Waals surface area contributed by atoms with Gasteiger partial charge in [-0.3, -0.25) is 4.90 Å². The lowest BCUT2D eigenvalue weighted by molar-refractivity contribution is 0.244. The molecule has 0 saturated carbocycles. The molecule has 1 aliphatic rings. The van der Waals surface area contributed by atoms with Gasteiger partial charge < -0.3 is 9.84 Å². The molecule has 0 aliphatic carbocycles. The molecule has 1 unspecified atom stereocenters. The lowest BCUT2D eigenvalue weighted by Gasteiger charge is -2.35. The van der Waals surface area contributed by atoms with Crippen molar-refractivity contribution in [2.45, 2.75) is 26.3 Å². The summed E-state index contributed by atoms with van der Waals surface area (Å²) in [7, 11) is 0. The summed E-state index contributed by atoms with van der Waals surface area (Å²) in [5.41, 5.74) is 4.54. The van der Waals surface area contributed by atoms with Crippen LogP contribution in [0, 0.1) is 5.82 Å². The number of rotatable bonds is 5. The minimum atomic E-state index is -0.562. The van der Waals surface area contributed by atoms with Crippen LogP contribution in [0.4, 0.5) is 14.9 Å². The smallest absolute Gasteiger partial charge is 0.326 e.